The molecule has 1 saturated heterocycles. The van der Waals surface area contributed by atoms with Crippen molar-refractivity contribution in [2.24, 2.45) is 0 Å². The molecule has 0 saturated carbocycles. The molecule has 0 aliphatic carbocycles. The van der Waals surface area contributed by atoms with Gasteiger partial charge in [-0.15, -0.1) is 0 Å². The van der Waals surface area contributed by atoms with E-state index in [1.54, 1.807) is 0 Å². The molecule has 0 spiro atoms. The second kappa shape index (κ2) is 3.73. The molecule has 0 bridgehead atoms. The number of hydrogen-bond donors (Lipinski definition) is 2. The number of H-pyrrole nitrogens is 1. The Bertz CT molecular complexity index is 382. The molecule has 1 aliphatic rings. The first kappa shape index (κ1) is 10.3. The Hall–Kier alpha value is -1.23. The maximum absolute atomic E-state index is 13.5. The molecule has 15 heavy (non-hydrogen) atoms. The average Bonchev–Trinajstić information content (AvgIpc) is 2.19. The van der Waals surface area contributed by atoms with Gasteiger partial charge in [-0.1, -0.05) is 6.07 Å². The lowest BCUT2D eigenvalue weighted by atomic mass is 9.89. The van der Waals surface area contributed by atoms with Crippen molar-refractivity contribution in [3.05, 3.63) is 34.2 Å². The molecule has 0 unspecified atom stereocenters. The summed E-state index contributed by atoms with van der Waals surface area (Å²) in [6.07, 6.45) is 1.21. The predicted molar refractivity (Wildman–Crippen MR) is 52.2 cm³/mol. The molecular formula is C10H12F2N2O. The highest BCUT2D eigenvalue weighted by Gasteiger charge is 2.42. The van der Waals surface area contributed by atoms with Crippen molar-refractivity contribution < 1.29 is 8.78 Å². The van der Waals surface area contributed by atoms with Crippen molar-refractivity contribution in [3.63, 3.8) is 0 Å². The topological polar surface area (TPSA) is 44.9 Å². The zero-order chi connectivity index (χ0) is 10.9. The van der Waals surface area contributed by atoms with Crippen LogP contribution in [0.2, 0.25) is 0 Å². The highest BCUT2D eigenvalue weighted by atomic mass is 19.3. The molecule has 1 aromatic rings. The Morgan fingerprint density at radius 3 is 2.80 bits per heavy atom. The number of aromatic amines is 1. The molecule has 0 radical (unpaired) electrons. The third kappa shape index (κ3) is 2.07. The summed E-state index contributed by atoms with van der Waals surface area (Å²) in [5.41, 5.74) is 0.206. The Labute approximate surface area is 85.5 Å². The SMILES string of the molecule is O=c1ccc([C@@H]2CNCCC2(F)F)c[nH]1. The molecule has 2 heterocycles. The van der Waals surface area contributed by atoms with E-state index in [2.05, 4.69) is 10.3 Å². The smallest absolute Gasteiger partial charge is 0.257 e. The number of alkyl halides is 2. The number of hydrogen-bond acceptors (Lipinski definition) is 2. The van der Waals surface area contributed by atoms with Crippen molar-refractivity contribution in [2.45, 2.75) is 18.3 Å². The lowest BCUT2D eigenvalue weighted by molar-refractivity contribution is -0.0480. The molecule has 1 atom stereocenters. The van der Waals surface area contributed by atoms with Crippen LogP contribution in [0.5, 0.6) is 0 Å². The van der Waals surface area contributed by atoms with Crippen molar-refractivity contribution >= 4 is 0 Å². The van der Waals surface area contributed by atoms with E-state index in [1.807, 2.05) is 0 Å². The third-order valence-electron chi connectivity index (χ3n) is 2.70. The fourth-order valence-electron chi connectivity index (χ4n) is 1.83. The molecular weight excluding hydrogens is 202 g/mol. The summed E-state index contributed by atoms with van der Waals surface area (Å²) in [6, 6.07) is 2.74. The van der Waals surface area contributed by atoms with E-state index in [-0.39, 0.29) is 18.5 Å². The van der Waals surface area contributed by atoms with Crippen LogP contribution in [0, 0.1) is 0 Å². The van der Waals surface area contributed by atoms with E-state index >= 15 is 0 Å². The Kier molecular flexibility index (Phi) is 2.56. The standard InChI is InChI=1S/C10H12F2N2O/c11-10(12)3-4-13-6-8(10)7-1-2-9(15)14-5-7/h1-2,5,8,13H,3-4,6H2,(H,14,15)/t8-/m0/s1. The summed E-state index contributed by atoms with van der Waals surface area (Å²) in [4.78, 5) is 13.2. The van der Waals surface area contributed by atoms with Gasteiger partial charge in [0.25, 0.3) is 5.92 Å². The van der Waals surface area contributed by atoms with Gasteiger partial charge in [0.2, 0.25) is 5.56 Å². The van der Waals surface area contributed by atoms with Crippen LogP contribution >= 0.6 is 0 Å². The molecule has 3 nitrogen and oxygen atoms in total. The molecule has 1 aromatic heterocycles. The molecule has 0 amide bonds. The normalized spacial score (nSPS) is 25.1. The van der Waals surface area contributed by atoms with Gasteiger partial charge in [-0.05, 0) is 5.56 Å². The van der Waals surface area contributed by atoms with Crippen LogP contribution in [0.4, 0.5) is 8.78 Å². The summed E-state index contributed by atoms with van der Waals surface area (Å²) in [6.45, 7) is 0.589. The number of rotatable bonds is 1. The second-order valence-corrected chi connectivity index (χ2v) is 3.75. The quantitative estimate of drug-likeness (QED) is 0.735. The van der Waals surface area contributed by atoms with E-state index in [0.717, 1.165) is 0 Å². The minimum Gasteiger partial charge on any atom is -0.329 e. The average molecular weight is 214 g/mol. The van der Waals surface area contributed by atoms with Gasteiger partial charge in [-0.2, -0.15) is 0 Å². The van der Waals surface area contributed by atoms with Gasteiger partial charge < -0.3 is 10.3 Å². The van der Waals surface area contributed by atoms with Crippen LogP contribution in [0.3, 0.4) is 0 Å². The number of piperidine rings is 1. The van der Waals surface area contributed by atoms with Crippen molar-refractivity contribution in [3.8, 4) is 0 Å². The molecule has 1 fully saturated rings. The fraction of sp³-hybridized carbons (Fsp3) is 0.500. The number of nitrogens with one attached hydrogen (secondary N) is 2. The van der Waals surface area contributed by atoms with Gasteiger partial charge in [0.1, 0.15) is 0 Å². The van der Waals surface area contributed by atoms with Crippen LogP contribution in [-0.4, -0.2) is 24.0 Å². The first-order chi connectivity index (χ1) is 7.09. The minimum atomic E-state index is -2.69. The number of pyridine rings is 1. The molecule has 2 rings (SSSR count). The Morgan fingerprint density at radius 2 is 2.20 bits per heavy atom. The van der Waals surface area contributed by atoms with Gasteiger partial charge in [0, 0.05) is 31.8 Å². The molecule has 0 aromatic carbocycles. The number of aromatic nitrogens is 1. The first-order valence-corrected chi connectivity index (χ1v) is 4.87. The largest absolute Gasteiger partial charge is 0.329 e. The molecule has 1 aliphatic heterocycles. The van der Waals surface area contributed by atoms with E-state index in [4.69, 9.17) is 0 Å². The van der Waals surface area contributed by atoms with Gasteiger partial charge in [-0.25, -0.2) is 8.78 Å². The summed E-state index contributed by atoms with van der Waals surface area (Å²) < 4.78 is 27.0. The summed E-state index contributed by atoms with van der Waals surface area (Å²) in [7, 11) is 0. The molecule has 2 N–H and O–H groups in total. The van der Waals surface area contributed by atoms with Crippen LogP contribution in [0.1, 0.15) is 17.9 Å². The Morgan fingerprint density at radius 1 is 1.40 bits per heavy atom. The molecule has 5 heteroatoms. The summed E-state index contributed by atoms with van der Waals surface area (Å²) >= 11 is 0. The van der Waals surface area contributed by atoms with E-state index in [1.165, 1.54) is 18.3 Å². The first-order valence-electron chi connectivity index (χ1n) is 4.87. The lowest BCUT2D eigenvalue weighted by Crippen LogP contribution is -2.43. The zero-order valence-electron chi connectivity index (χ0n) is 8.09. The van der Waals surface area contributed by atoms with Gasteiger partial charge in [0.05, 0.1) is 5.92 Å². The van der Waals surface area contributed by atoms with Crippen LogP contribution in [0.25, 0.3) is 0 Å². The van der Waals surface area contributed by atoms with Gasteiger partial charge >= 0.3 is 0 Å². The maximum atomic E-state index is 13.5. The van der Waals surface area contributed by atoms with Crippen molar-refractivity contribution in [1.82, 2.24) is 10.3 Å². The van der Waals surface area contributed by atoms with E-state index in [0.29, 0.717) is 12.1 Å². The summed E-state index contributed by atoms with van der Waals surface area (Å²) in [5.74, 6) is -3.54. The van der Waals surface area contributed by atoms with Gasteiger partial charge in [0.15, 0.2) is 0 Å². The Balaban J connectivity index is 2.28. The van der Waals surface area contributed by atoms with Gasteiger partial charge in [-0.3, -0.25) is 4.79 Å². The van der Waals surface area contributed by atoms with Crippen LogP contribution in [0.15, 0.2) is 23.1 Å². The van der Waals surface area contributed by atoms with Crippen LogP contribution in [-0.2, 0) is 0 Å². The highest BCUT2D eigenvalue weighted by Crippen LogP contribution is 2.37. The number of halogens is 2. The fourth-order valence-corrected chi connectivity index (χ4v) is 1.83. The van der Waals surface area contributed by atoms with Crippen molar-refractivity contribution in [2.75, 3.05) is 13.1 Å². The second-order valence-electron chi connectivity index (χ2n) is 3.75. The van der Waals surface area contributed by atoms with E-state index < -0.39 is 11.8 Å². The third-order valence-corrected chi connectivity index (χ3v) is 2.70. The van der Waals surface area contributed by atoms with Crippen molar-refractivity contribution in [1.29, 1.82) is 0 Å². The maximum Gasteiger partial charge on any atom is 0.257 e. The van der Waals surface area contributed by atoms with Crippen LogP contribution < -0.4 is 10.9 Å². The molecule has 82 valence electrons. The van der Waals surface area contributed by atoms with E-state index in [9.17, 15) is 13.6 Å². The minimum absolute atomic E-state index is 0.156. The predicted octanol–water partition coefficient (Wildman–Crippen LogP) is 1.09. The summed E-state index contributed by atoms with van der Waals surface area (Å²) in [5, 5.41) is 2.93. The monoisotopic (exact) mass is 214 g/mol. The zero-order valence-corrected chi connectivity index (χ0v) is 8.09. The lowest BCUT2D eigenvalue weighted by Gasteiger charge is -2.31. The highest BCUT2D eigenvalue weighted by molar-refractivity contribution is 5.19.